The van der Waals surface area contributed by atoms with Crippen LogP contribution in [0, 0.1) is 0 Å². The van der Waals surface area contributed by atoms with E-state index < -0.39 is 37.0 Å². The molecular formula is C8H13N3O7. The van der Waals surface area contributed by atoms with Crippen molar-refractivity contribution in [3.63, 3.8) is 0 Å². The van der Waals surface area contributed by atoms with Crippen molar-refractivity contribution >= 4 is 0 Å². The summed E-state index contributed by atoms with van der Waals surface area (Å²) in [6.07, 6.45) is 0. The average molecular weight is 263 g/mol. The van der Waals surface area contributed by atoms with Gasteiger partial charge in [0.05, 0.1) is 26.3 Å². The Hall–Kier alpha value is -1.75. The van der Waals surface area contributed by atoms with Crippen molar-refractivity contribution in [2.75, 3.05) is 13.2 Å². The summed E-state index contributed by atoms with van der Waals surface area (Å²) in [4.78, 5) is 38.8. The minimum Gasteiger partial charge on any atom is -0.395 e. The van der Waals surface area contributed by atoms with Crippen LogP contribution in [0.4, 0.5) is 0 Å². The highest BCUT2D eigenvalue weighted by Gasteiger charge is 2.14. The molecule has 0 saturated heterocycles. The third-order valence-electron chi connectivity index (χ3n) is 2.22. The zero-order valence-electron chi connectivity index (χ0n) is 9.35. The quantitative estimate of drug-likeness (QED) is 0.359. The van der Waals surface area contributed by atoms with E-state index in [1.165, 1.54) is 0 Å². The van der Waals surface area contributed by atoms with Gasteiger partial charge in [-0.1, -0.05) is 0 Å². The van der Waals surface area contributed by atoms with Crippen LogP contribution in [0.1, 0.15) is 0 Å². The summed E-state index contributed by atoms with van der Waals surface area (Å²) >= 11 is 0. The van der Waals surface area contributed by atoms with Gasteiger partial charge in [-0.2, -0.15) is 0 Å². The first-order chi connectivity index (χ1) is 8.58. The molecule has 1 heterocycles. The zero-order chi connectivity index (χ0) is 13.7. The molecule has 0 spiro atoms. The molecular weight excluding hydrogens is 250 g/mol. The Morgan fingerprint density at radius 1 is 0.833 bits per heavy atom. The van der Waals surface area contributed by atoms with Crippen molar-refractivity contribution in [2.45, 2.75) is 19.8 Å². The van der Waals surface area contributed by atoms with Gasteiger partial charge in [0.15, 0.2) is 6.73 Å². The van der Waals surface area contributed by atoms with Gasteiger partial charge in [-0.05, 0) is 0 Å². The van der Waals surface area contributed by atoms with Gasteiger partial charge in [0.25, 0.3) is 0 Å². The lowest BCUT2D eigenvalue weighted by molar-refractivity contribution is -0.270. The summed E-state index contributed by atoms with van der Waals surface area (Å²) in [5, 5.41) is 25.8. The summed E-state index contributed by atoms with van der Waals surface area (Å²) in [6, 6.07) is 0. The van der Waals surface area contributed by atoms with Crippen molar-refractivity contribution in [3.8, 4) is 0 Å². The highest BCUT2D eigenvalue weighted by atomic mass is 17.1. The van der Waals surface area contributed by atoms with E-state index in [-0.39, 0.29) is 13.1 Å². The van der Waals surface area contributed by atoms with Crippen LogP contribution in [0.3, 0.4) is 0 Å². The lowest BCUT2D eigenvalue weighted by Gasteiger charge is -2.11. The van der Waals surface area contributed by atoms with Gasteiger partial charge >= 0.3 is 17.1 Å². The molecule has 0 aliphatic rings. The van der Waals surface area contributed by atoms with Gasteiger partial charge < -0.3 is 10.2 Å². The van der Waals surface area contributed by atoms with Crippen molar-refractivity contribution in [1.82, 2.24) is 13.7 Å². The predicted molar refractivity (Wildman–Crippen MR) is 57.1 cm³/mol. The summed E-state index contributed by atoms with van der Waals surface area (Å²) in [5.74, 6) is 0. The Labute approximate surface area is 99.5 Å². The van der Waals surface area contributed by atoms with E-state index in [4.69, 9.17) is 15.5 Å². The Balaban J connectivity index is 3.59. The molecule has 10 nitrogen and oxygen atoms in total. The maximum atomic E-state index is 11.7. The summed E-state index contributed by atoms with van der Waals surface area (Å²) < 4.78 is 1.68. The molecule has 0 fully saturated rings. The van der Waals surface area contributed by atoms with Crippen molar-refractivity contribution < 1.29 is 20.4 Å². The number of hydrogen-bond acceptors (Lipinski definition) is 7. The van der Waals surface area contributed by atoms with Crippen LogP contribution in [0.2, 0.25) is 0 Å². The lowest BCUT2D eigenvalue weighted by atomic mass is 10.6. The minimum absolute atomic E-state index is 0.311. The first-order valence-corrected chi connectivity index (χ1v) is 5.01. The molecule has 1 aromatic heterocycles. The Kier molecular flexibility index (Phi) is 4.97. The second-order valence-corrected chi connectivity index (χ2v) is 3.28. The molecule has 0 amide bonds. The summed E-state index contributed by atoms with van der Waals surface area (Å²) in [6.45, 7) is -2.34. The minimum atomic E-state index is -1.01. The third-order valence-corrected chi connectivity index (χ3v) is 2.22. The molecule has 0 aromatic carbocycles. The molecule has 1 aromatic rings. The Bertz CT molecular complexity index is 458. The van der Waals surface area contributed by atoms with Crippen LogP contribution in [0.25, 0.3) is 0 Å². The number of aromatic nitrogens is 3. The normalized spacial score (nSPS) is 10.8. The maximum Gasteiger partial charge on any atom is 0.338 e. The van der Waals surface area contributed by atoms with Crippen molar-refractivity contribution in [1.29, 1.82) is 0 Å². The Morgan fingerprint density at radius 2 is 1.22 bits per heavy atom. The van der Waals surface area contributed by atoms with Gasteiger partial charge in [-0.15, -0.1) is 0 Å². The van der Waals surface area contributed by atoms with E-state index in [9.17, 15) is 14.4 Å². The largest absolute Gasteiger partial charge is 0.395 e. The molecule has 0 saturated carbocycles. The molecule has 0 atom stereocenters. The van der Waals surface area contributed by atoms with E-state index >= 15 is 0 Å². The number of rotatable bonds is 6. The fraction of sp³-hybridized carbons (Fsp3) is 0.625. The van der Waals surface area contributed by atoms with E-state index in [1.807, 2.05) is 0 Å². The average Bonchev–Trinajstić information content (AvgIpc) is 2.35. The summed E-state index contributed by atoms with van der Waals surface area (Å²) in [5.41, 5.74) is -2.97. The highest BCUT2D eigenvalue weighted by Crippen LogP contribution is 1.77. The number of aliphatic hydroxyl groups excluding tert-OH is 2. The van der Waals surface area contributed by atoms with Crippen LogP contribution in [0.5, 0.6) is 0 Å². The number of nitrogens with zero attached hydrogens (tertiary/aromatic N) is 3. The molecule has 0 aliphatic carbocycles. The standard InChI is InChI=1S/C8H13N3O7/c12-3-1-9-6(14)10(2-4-13)8(16)11(5-18-17)7(9)15/h12-13,17H,1-5H2. The van der Waals surface area contributed by atoms with E-state index in [0.717, 1.165) is 0 Å². The van der Waals surface area contributed by atoms with E-state index in [1.54, 1.807) is 0 Å². The molecule has 0 radical (unpaired) electrons. The third kappa shape index (κ3) is 2.56. The van der Waals surface area contributed by atoms with E-state index in [0.29, 0.717) is 13.7 Å². The van der Waals surface area contributed by atoms with Gasteiger partial charge in [0.1, 0.15) is 0 Å². The van der Waals surface area contributed by atoms with Crippen LogP contribution >= 0.6 is 0 Å². The second kappa shape index (κ2) is 6.26. The topological polar surface area (TPSA) is 136 Å². The smallest absolute Gasteiger partial charge is 0.338 e. The van der Waals surface area contributed by atoms with E-state index in [2.05, 4.69) is 4.89 Å². The van der Waals surface area contributed by atoms with Crippen LogP contribution < -0.4 is 17.1 Å². The fourth-order valence-corrected chi connectivity index (χ4v) is 1.43. The zero-order valence-corrected chi connectivity index (χ0v) is 9.35. The monoisotopic (exact) mass is 263 g/mol. The fourth-order valence-electron chi connectivity index (χ4n) is 1.43. The van der Waals surface area contributed by atoms with Gasteiger partial charge in [0, 0.05) is 0 Å². The van der Waals surface area contributed by atoms with Crippen molar-refractivity contribution in [2.24, 2.45) is 0 Å². The SMILES string of the molecule is O=c1n(CCO)c(=O)n(COO)c(=O)n1CCO. The molecule has 1 rings (SSSR count). The first kappa shape index (κ1) is 14.3. The van der Waals surface area contributed by atoms with Gasteiger partial charge in [0.2, 0.25) is 0 Å². The Morgan fingerprint density at radius 3 is 1.56 bits per heavy atom. The van der Waals surface area contributed by atoms with Crippen LogP contribution in [-0.4, -0.2) is 42.4 Å². The molecule has 0 unspecified atom stereocenters. The molecule has 102 valence electrons. The number of aliphatic hydroxyl groups is 2. The molecule has 0 aliphatic heterocycles. The summed E-state index contributed by atoms with van der Waals surface area (Å²) in [7, 11) is 0. The molecule has 10 heteroatoms. The number of hydrogen-bond donors (Lipinski definition) is 3. The maximum absolute atomic E-state index is 11.7. The highest BCUT2D eigenvalue weighted by molar-refractivity contribution is 4.78. The molecule has 18 heavy (non-hydrogen) atoms. The predicted octanol–water partition coefficient (Wildman–Crippen LogP) is -3.40. The van der Waals surface area contributed by atoms with Crippen LogP contribution in [-0.2, 0) is 24.7 Å². The molecule has 0 bridgehead atoms. The first-order valence-electron chi connectivity index (χ1n) is 5.01. The molecule has 3 N–H and O–H groups in total. The second-order valence-electron chi connectivity index (χ2n) is 3.28. The lowest BCUT2D eigenvalue weighted by Crippen LogP contribution is -2.55. The van der Waals surface area contributed by atoms with Gasteiger partial charge in [-0.3, -0.25) is 0 Å². The van der Waals surface area contributed by atoms with Gasteiger partial charge in [-0.25, -0.2) is 38.2 Å². The van der Waals surface area contributed by atoms with Crippen LogP contribution in [0.15, 0.2) is 14.4 Å². The van der Waals surface area contributed by atoms with Crippen molar-refractivity contribution in [3.05, 3.63) is 31.5 Å².